The zero-order valence-corrected chi connectivity index (χ0v) is 10.9. The molecule has 0 radical (unpaired) electrons. The Balaban J connectivity index is 2.24. The van der Waals surface area contributed by atoms with E-state index < -0.39 is 10.9 Å². The van der Waals surface area contributed by atoms with E-state index in [0.717, 1.165) is 11.3 Å². The van der Waals surface area contributed by atoms with E-state index in [0.29, 0.717) is 13.1 Å². The van der Waals surface area contributed by atoms with Crippen LogP contribution in [0.5, 0.6) is 0 Å². The van der Waals surface area contributed by atoms with Gasteiger partial charge in [-0.05, 0) is 24.5 Å². The van der Waals surface area contributed by atoms with Gasteiger partial charge in [0, 0.05) is 30.9 Å². The van der Waals surface area contributed by atoms with Crippen LogP contribution in [0.4, 0.5) is 11.4 Å². The van der Waals surface area contributed by atoms with Crippen molar-refractivity contribution in [1.82, 2.24) is 0 Å². The molecule has 1 aliphatic rings. The molecule has 1 aliphatic heterocycles. The fraction of sp³-hybridized carbons (Fsp3) is 0.462. The highest BCUT2D eigenvalue weighted by molar-refractivity contribution is 5.73. The van der Waals surface area contributed by atoms with Gasteiger partial charge in [0.15, 0.2) is 0 Å². The summed E-state index contributed by atoms with van der Waals surface area (Å²) in [5.74, 6) is -1.09. The number of nitrogens with zero attached hydrogens (tertiary/aromatic N) is 2. The molecule has 2 rings (SSSR count). The van der Waals surface area contributed by atoms with Crippen LogP contribution in [0, 0.1) is 28.9 Å². The molecule has 1 fully saturated rings. The fourth-order valence-electron chi connectivity index (χ4n) is 2.59. The minimum absolute atomic E-state index is 0.0586. The van der Waals surface area contributed by atoms with Crippen molar-refractivity contribution in [2.24, 2.45) is 11.8 Å². The molecule has 1 aromatic rings. The third-order valence-electron chi connectivity index (χ3n) is 3.66. The summed E-state index contributed by atoms with van der Waals surface area (Å²) in [6.07, 6.45) is 0. The smallest absolute Gasteiger partial charge is 0.308 e. The molecular weight excluding hydrogens is 248 g/mol. The van der Waals surface area contributed by atoms with Gasteiger partial charge in [-0.15, -0.1) is 0 Å². The molecule has 0 aliphatic carbocycles. The van der Waals surface area contributed by atoms with E-state index in [-0.39, 0.29) is 17.5 Å². The van der Waals surface area contributed by atoms with Gasteiger partial charge in [0.05, 0.1) is 10.8 Å². The van der Waals surface area contributed by atoms with Crippen LogP contribution in [-0.2, 0) is 4.79 Å². The van der Waals surface area contributed by atoms with Gasteiger partial charge in [-0.3, -0.25) is 14.9 Å². The van der Waals surface area contributed by atoms with Crippen LogP contribution in [0.2, 0.25) is 0 Å². The first-order valence-electron chi connectivity index (χ1n) is 6.13. The summed E-state index contributed by atoms with van der Waals surface area (Å²) in [5, 5.41) is 19.8. The van der Waals surface area contributed by atoms with Crippen molar-refractivity contribution in [3.63, 3.8) is 0 Å². The number of carbonyl (C=O) groups is 1. The number of carboxylic acid groups (broad SMARTS) is 1. The van der Waals surface area contributed by atoms with Crippen LogP contribution in [0.25, 0.3) is 0 Å². The first-order valence-corrected chi connectivity index (χ1v) is 6.13. The van der Waals surface area contributed by atoms with Crippen LogP contribution in [-0.4, -0.2) is 29.1 Å². The van der Waals surface area contributed by atoms with Crippen LogP contribution in [0.15, 0.2) is 18.2 Å². The van der Waals surface area contributed by atoms with Crippen molar-refractivity contribution in [2.45, 2.75) is 13.8 Å². The summed E-state index contributed by atoms with van der Waals surface area (Å²) in [6.45, 7) is 4.84. The van der Waals surface area contributed by atoms with Crippen LogP contribution < -0.4 is 4.90 Å². The second kappa shape index (κ2) is 4.87. The van der Waals surface area contributed by atoms with Gasteiger partial charge >= 0.3 is 5.97 Å². The monoisotopic (exact) mass is 264 g/mol. The first kappa shape index (κ1) is 13.3. The lowest BCUT2D eigenvalue weighted by Gasteiger charge is -2.20. The number of hydrogen-bond acceptors (Lipinski definition) is 4. The van der Waals surface area contributed by atoms with Gasteiger partial charge in [0.1, 0.15) is 0 Å². The molecule has 1 N–H and O–H groups in total. The molecule has 19 heavy (non-hydrogen) atoms. The third-order valence-corrected chi connectivity index (χ3v) is 3.66. The number of hydrogen-bond donors (Lipinski definition) is 1. The summed E-state index contributed by atoms with van der Waals surface area (Å²) < 4.78 is 0. The summed E-state index contributed by atoms with van der Waals surface area (Å²) in [4.78, 5) is 23.4. The molecule has 1 aromatic carbocycles. The molecule has 1 saturated heterocycles. The zero-order valence-electron chi connectivity index (χ0n) is 10.9. The van der Waals surface area contributed by atoms with Crippen molar-refractivity contribution in [1.29, 1.82) is 0 Å². The predicted octanol–water partition coefficient (Wildman–Crippen LogP) is 2.06. The van der Waals surface area contributed by atoms with Gasteiger partial charge in [-0.2, -0.15) is 0 Å². The Bertz CT molecular complexity index is 529. The van der Waals surface area contributed by atoms with Crippen LogP contribution >= 0.6 is 0 Å². The first-order chi connectivity index (χ1) is 8.90. The summed E-state index contributed by atoms with van der Waals surface area (Å²) in [6, 6.07) is 4.68. The van der Waals surface area contributed by atoms with E-state index in [9.17, 15) is 14.9 Å². The minimum Gasteiger partial charge on any atom is -0.481 e. The number of aliphatic carboxylic acids is 1. The Kier molecular flexibility index (Phi) is 3.42. The summed E-state index contributed by atoms with van der Waals surface area (Å²) in [7, 11) is 0. The SMILES string of the molecule is Cc1cc([N+](=O)[O-])ccc1N1C[C@@H](C)[C@H](C(=O)O)C1. The topological polar surface area (TPSA) is 83.7 Å². The van der Waals surface area contributed by atoms with Crippen molar-refractivity contribution in [2.75, 3.05) is 18.0 Å². The van der Waals surface area contributed by atoms with E-state index in [1.807, 2.05) is 11.8 Å². The molecular formula is C13H16N2O4. The number of rotatable bonds is 3. The second-order valence-electron chi connectivity index (χ2n) is 5.05. The van der Waals surface area contributed by atoms with E-state index in [4.69, 9.17) is 5.11 Å². The number of nitro benzene ring substituents is 1. The lowest BCUT2D eigenvalue weighted by atomic mass is 9.99. The predicted molar refractivity (Wildman–Crippen MR) is 70.3 cm³/mol. The van der Waals surface area contributed by atoms with Gasteiger partial charge in [0.2, 0.25) is 0 Å². The van der Waals surface area contributed by atoms with Crippen LogP contribution in [0.1, 0.15) is 12.5 Å². The number of anilines is 1. The highest BCUT2D eigenvalue weighted by Crippen LogP contribution is 2.32. The number of non-ortho nitro benzene ring substituents is 1. The Morgan fingerprint density at radius 2 is 2.16 bits per heavy atom. The second-order valence-corrected chi connectivity index (χ2v) is 5.05. The van der Waals surface area contributed by atoms with Crippen LogP contribution in [0.3, 0.4) is 0 Å². The normalized spacial score (nSPS) is 22.5. The van der Waals surface area contributed by atoms with E-state index in [1.165, 1.54) is 12.1 Å². The molecule has 0 bridgehead atoms. The van der Waals surface area contributed by atoms with Gasteiger partial charge in [0.25, 0.3) is 5.69 Å². The molecule has 6 nitrogen and oxygen atoms in total. The maximum atomic E-state index is 11.1. The summed E-state index contributed by atoms with van der Waals surface area (Å²) in [5.41, 5.74) is 1.73. The minimum atomic E-state index is -0.783. The lowest BCUT2D eigenvalue weighted by Crippen LogP contribution is -2.23. The Hall–Kier alpha value is -2.11. The summed E-state index contributed by atoms with van der Waals surface area (Å²) >= 11 is 0. The number of aryl methyl sites for hydroxylation is 1. The lowest BCUT2D eigenvalue weighted by molar-refractivity contribution is -0.384. The average Bonchev–Trinajstić information content (AvgIpc) is 2.71. The molecule has 0 saturated carbocycles. The Morgan fingerprint density at radius 1 is 1.47 bits per heavy atom. The highest BCUT2D eigenvalue weighted by Gasteiger charge is 2.35. The fourth-order valence-corrected chi connectivity index (χ4v) is 2.59. The van der Waals surface area contributed by atoms with Crippen molar-refractivity contribution in [3.8, 4) is 0 Å². The number of benzene rings is 1. The van der Waals surface area contributed by atoms with E-state index in [2.05, 4.69) is 0 Å². The number of carboxylic acids is 1. The molecule has 6 heteroatoms. The van der Waals surface area contributed by atoms with Crippen molar-refractivity contribution >= 4 is 17.3 Å². The van der Waals surface area contributed by atoms with E-state index in [1.54, 1.807) is 13.0 Å². The standard InChI is InChI=1S/C13H16N2O4/c1-8-5-10(15(18)19)3-4-12(8)14-6-9(2)11(7-14)13(16)17/h3-5,9,11H,6-7H2,1-2H3,(H,16,17)/t9-,11-/m1/s1. The van der Waals surface area contributed by atoms with Gasteiger partial charge in [-0.25, -0.2) is 0 Å². The average molecular weight is 264 g/mol. The highest BCUT2D eigenvalue weighted by atomic mass is 16.6. The maximum Gasteiger partial charge on any atom is 0.308 e. The molecule has 1 heterocycles. The molecule has 0 amide bonds. The van der Waals surface area contributed by atoms with Gasteiger partial charge < -0.3 is 10.0 Å². The molecule has 0 spiro atoms. The Morgan fingerprint density at radius 3 is 2.63 bits per heavy atom. The zero-order chi connectivity index (χ0) is 14.2. The molecule has 0 unspecified atom stereocenters. The number of nitro groups is 1. The van der Waals surface area contributed by atoms with Crippen molar-refractivity contribution < 1.29 is 14.8 Å². The molecule has 0 aromatic heterocycles. The maximum absolute atomic E-state index is 11.1. The largest absolute Gasteiger partial charge is 0.481 e. The van der Waals surface area contributed by atoms with E-state index >= 15 is 0 Å². The Labute approximate surface area is 110 Å². The molecule has 2 atom stereocenters. The third kappa shape index (κ3) is 2.52. The quantitative estimate of drug-likeness (QED) is 0.667. The molecule has 102 valence electrons. The van der Waals surface area contributed by atoms with Gasteiger partial charge in [-0.1, -0.05) is 6.92 Å². The van der Waals surface area contributed by atoms with Crippen molar-refractivity contribution in [3.05, 3.63) is 33.9 Å².